The minimum atomic E-state index is -0.809. The highest BCUT2D eigenvalue weighted by atomic mass is 16.6. The average Bonchev–Trinajstić information content (AvgIpc) is 2.54. The van der Waals surface area contributed by atoms with Crippen molar-refractivity contribution in [1.82, 2.24) is 5.32 Å². The van der Waals surface area contributed by atoms with E-state index < -0.39 is 23.7 Å². The second-order valence-corrected chi connectivity index (χ2v) is 7.00. The van der Waals surface area contributed by atoms with Crippen molar-refractivity contribution in [2.45, 2.75) is 65.5 Å². The summed E-state index contributed by atoms with van der Waals surface area (Å²) in [5.74, 6) is 0.302. The number of hydrogen-bond donors (Lipinski definition) is 1. The maximum absolute atomic E-state index is 12.2. The molecule has 0 aliphatic carbocycles. The molecule has 0 radical (unpaired) electrons. The van der Waals surface area contributed by atoms with Crippen LogP contribution < -0.4 is 10.1 Å². The van der Waals surface area contributed by atoms with Gasteiger partial charge in [0, 0.05) is 6.42 Å². The third-order valence-electron chi connectivity index (χ3n) is 3.39. The molecule has 1 N–H and O–H groups in total. The monoisotopic (exact) mass is 365 g/mol. The third kappa shape index (κ3) is 8.74. The fraction of sp³-hybridized carbons (Fsp3) is 0.600. The van der Waals surface area contributed by atoms with E-state index in [0.717, 1.165) is 24.2 Å². The quantitative estimate of drug-likeness (QED) is 0.531. The van der Waals surface area contributed by atoms with E-state index in [1.54, 1.807) is 27.7 Å². The SMILES string of the molecule is CCCCOc1ccc(C[C@H](NC(=O)OC(C)(C)C)C(=O)OCC)cc1. The molecule has 6 heteroatoms. The zero-order chi connectivity index (χ0) is 19.6. The molecule has 0 fully saturated rings. The summed E-state index contributed by atoms with van der Waals surface area (Å²) in [5, 5.41) is 2.60. The van der Waals surface area contributed by atoms with Crippen molar-refractivity contribution < 1.29 is 23.8 Å². The lowest BCUT2D eigenvalue weighted by molar-refractivity contribution is -0.145. The van der Waals surface area contributed by atoms with Crippen molar-refractivity contribution in [2.75, 3.05) is 13.2 Å². The molecule has 1 rings (SSSR count). The summed E-state index contributed by atoms with van der Waals surface area (Å²) in [5.41, 5.74) is 0.253. The molecule has 146 valence electrons. The molecule has 1 aromatic rings. The van der Waals surface area contributed by atoms with E-state index in [0.29, 0.717) is 13.0 Å². The van der Waals surface area contributed by atoms with Crippen molar-refractivity contribution in [3.05, 3.63) is 29.8 Å². The summed E-state index contributed by atoms with van der Waals surface area (Å²) in [6, 6.07) is 6.67. The van der Waals surface area contributed by atoms with Crippen LogP contribution in [-0.4, -0.2) is 36.9 Å². The van der Waals surface area contributed by atoms with Gasteiger partial charge in [-0.3, -0.25) is 0 Å². The number of nitrogens with one attached hydrogen (secondary N) is 1. The van der Waals surface area contributed by atoms with Gasteiger partial charge in [0.05, 0.1) is 13.2 Å². The highest BCUT2D eigenvalue weighted by Crippen LogP contribution is 2.15. The van der Waals surface area contributed by atoms with E-state index in [4.69, 9.17) is 14.2 Å². The number of ether oxygens (including phenoxy) is 3. The first-order valence-corrected chi connectivity index (χ1v) is 9.13. The van der Waals surface area contributed by atoms with Gasteiger partial charge in [0.2, 0.25) is 0 Å². The second-order valence-electron chi connectivity index (χ2n) is 7.00. The van der Waals surface area contributed by atoms with Crippen molar-refractivity contribution in [2.24, 2.45) is 0 Å². The highest BCUT2D eigenvalue weighted by Gasteiger charge is 2.25. The second kappa shape index (κ2) is 10.7. The van der Waals surface area contributed by atoms with Gasteiger partial charge in [-0.1, -0.05) is 25.5 Å². The predicted octanol–water partition coefficient (Wildman–Crippen LogP) is 3.86. The van der Waals surface area contributed by atoms with E-state index in [1.165, 1.54) is 0 Å². The standard InChI is InChI=1S/C20H31NO5/c1-6-8-13-25-16-11-9-15(10-12-16)14-17(18(22)24-7-2)21-19(23)26-20(3,4)5/h9-12,17H,6-8,13-14H2,1-5H3,(H,21,23)/t17-/m0/s1. The Bertz CT molecular complexity index is 563. The first kappa shape index (κ1) is 21.8. The van der Waals surface area contributed by atoms with Crippen LogP contribution in [0.3, 0.4) is 0 Å². The lowest BCUT2D eigenvalue weighted by Crippen LogP contribution is -2.45. The Kier molecular flexibility index (Phi) is 8.96. The first-order valence-electron chi connectivity index (χ1n) is 9.13. The number of carbonyl (C=O) groups is 2. The van der Waals surface area contributed by atoms with Crippen LogP contribution in [0.2, 0.25) is 0 Å². The Hall–Kier alpha value is -2.24. The Balaban J connectivity index is 2.72. The molecule has 1 atom stereocenters. The summed E-state index contributed by atoms with van der Waals surface area (Å²) in [7, 11) is 0. The molecule has 6 nitrogen and oxygen atoms in total. The van der Waals surface area contributed by atoms with Crippen LogP contribution in [0.15, 0.2) is 24.3 Å². The number of esters is 1. The van der Waals surface area contributed by atoms with E-state index in [2.05, 4.69) is 12.2 Å². The maximum atomic E-state index is 12.2. The largest absolute Gasteiger partial charge is 0.494 e. The molecule has 0 heterocycles. The highest BCUT2D eigenvalue weighted by molar-refractivity contribution is 5.81. The molecule has 26 heavy (non-hydrogen) atoms. The minimum Gasteiger partial charge on any atom is -0.494 e. The van der Waals surface area contributed by atoms with Gasteiger partial charge >= 0.3 is 12.1 Å². The van der Waals surface area contributed by atoms with Crippen molar-refractivity contribution in [1.29, 1.82) is 0 Å². The van der Waals surface area contributed by atoms with Crippen molar-refractivity contribution >= 4 is 12.1 Å². The van der Waals surface area contributed by atoms with E-state index >= 15 is 0 Å². The Morgan fingerprint density at radius 2 is 1.77 bits per heavy atom. The number of rotatable bonds is 9. The number of hydrogen-bond acceptors (Lipinski definition) is 5. The van der Waals surface area contributed by atoms with Gasteiger partial charge in [-0.15, -0.1) is 0 Å². The third-order valence-corrected chi connectivity index (χ3v) is 3.39. The zero-order valence-corrected chi connectivity index (χ0v) is 16.5. The summed E-state index contributed by atoms with van der Waals surface area (Å²) in [6.07, 6.45) is 1.75. The lowest BCUT2D eigenvalue weighted by atomic mass is 10.1. The molecule has 0 aliphatic rings. The van der Waals surface area contributed by atoms with Gasteiger partial charge in [0.25, 0.3) is 0 Å². The van der Waals surface area contributed by atoms with Crippen LogP contribution in [0, 0.1) is 0 Å². The van der Waals surface area contributed by atoms with Crippen molar-refractivity contribution in [3.8, 4) is 5.75 Å². The summed E-state index contributed by atoms with van der Waals surface area (Å²) >= 11 is 0. The number of unbranched alkanes of at least 4 members (excludes halogenated alkanes) is 1. The topological polar surface area (TPSA) is 73.9 Å². The Morgan fingerprint density at radius 3 is 2.31 bits per heavy atom. The normalized spacial score (nSPS) is 12.2. The molecule has 0 bridgehead atoms. The summed E-state index contributed by atoms with van der Waals surface area (Å²) < 4.78 is 15.9. The van der Waals surface area contributed by atoms with Gasteiger partial charge in [-0.05, 0) is 51.8 Å². The van der Waals surface area contributed by atoms with E-state index in [9.17, 15) is 9.59 Å². The van der Waals surface area contributed by atoms with Crippen LogP contribution in [-0.2, 0) is 20.7 Å². The molecule has 0 saturated heterocycles. The number of benzene rings is 1. The van der Waals surface area contributed by atoms with Crippen LogP contribution in [0.25, 0.3) is 0 Å². The number of carbonyl (C=O) groups excluding carboxylic acids is 2. The maximum Gasteiger partial charge on any atom is 0.408 e. The fourth-order valence-electron chi connectivity index (χ4n) is 2.18. The van der Waals surface area contributed by atoms with Crippen LogP contribution >= 0.6 is 0 Å². The molecular formula is C20H31NO5. The van der Waals surface area contributed by atoms with Gasteiger partial charge < -0.3 is 19.5 Å². The summed E-state index contributed by atoms with van der Waals surface area (Å²) in [6.45, 7) is 10.1. The van der Waals surface area contributed by atoms with Gasteiger partial charge in [-0.25, -0.2) is 9.59 Å². The molecule has 0 saturated carbocycles. The van der Waals surface area contributed by atoms with E-state index in [1.807, 2.05) is 24.3 Å². The Morgan fingerprint density at radius 1 is 1.12 bits per heavy atom. The molecule has 1 amide bonds. The van der Waals surface area contributed by atoms with E-state index in [-0.39, 0.29) is 6.61 Å². The minimum absolute atomic E-state index is 0.246. The van der Waals surface area contributed by atoms with Gasteiger partial charge in [0.1, 0.15) is 17.4 Å². The molecule has 0 unspecified atom stereocenters. The molecule has 0 aliphatic heterocycles. The fourth-order valence-corrected chi connectivity index (χ4v) is 2.18. The van der Waals surface area contributed by atoms with Crippen molar-refractivity contribution in [3.63, 3.8) is 0 Å². The van der Waals surface area contributed by atoms with Crippen LogP contribution in [0.5, 0.6) is 5.75 Å². The lowest BCUT2D eigenvalue weighted by Gasteiger charge is -2.23. The number of amides is 1. The zero-order valence-electron chi connectivity index (χ0n) is 16.5. The molecular weight excluding hydrogens is 334 g/mol. The van der Waals surface area contributed by atoms with Gasteiger partial charge in [-0.2, -0.15) is 0 Å². The molecule has 1 aromatic carbocycles. The van der Waals surface area contributed by atoms with Gasteiger partial charge in [0.15, 0.2) is 0 Å². The van der Waals surface area contributed by atoms with Crippen LogP contribution in [0.4, 0.5) is 4.79 Å². The average molecular weight is 365 g/mol. The summed E-state index contributed by atoms with van der Waals surface area (Å²) in [4.78, 5) is 24.2. The molecule has 0 aromatic heterocycles. The Labute approximate surface area is 156 Å². The number of alkyl carbamates (subject to hydrolysis) is 1. The predicted molar refractivity (Wildman–Crippen MR) is 100 cm³/mol. The first-order chi connectivity index (χ1) is 12.2. The smallest absolute Gasteiger partial charge is 0.408 e. The van der Waals surface area contributed by atoms with Crippen LogP contribution in [0.1, 0.15) is 53.0 Å². The molecule has 0 spiro atoms.